The van der Waals surface area contributed by atoms with Crippen molar-refractivity contribution in [2.75, 3.05) is 6.54 Å². The summed E-state index contributed by atoms with van der Waals surface area (Å²) in [6, 6.07) is 0. The molecule has 2 N–H and O–H groups in total. The van der Waals surface area contributed by atoms with Gasteiger partial charge in [-0.3, -0.25) is 4.79 Å². The van der Waals surface area contributed by atoms with Crippen LogP contribution in [-0.4, -0.2) is 24.4 Å². The summed E-state index contributed by atoms with van der Waals surface area (Å²) in [5.41, 5.74) is 4.88. The Hall–Kier alpha value is -0.900. The van der Waals surface area contributed by atoms with Crippen molar-refractivity contribution in [2.45, 2.75) is 39.7 Å². The third kappa shape index (κ3) is 6.23. The highest BCUT2D eigenvalue weighted by Crippen LogP contribution is 2.15. The molecule has 0 radical (unpaired) electrons. The molecule has 4 nitrogen and oxygen atoms in total. The lowest BCUT2D eigenvalue weighted by Gasteiger charge is -2.22. The molecule has 0 rings (SSSR count). The lowest BCUT2D eigenvalue weighted by molar-refractivity contribution is -0.161. The number of carbonyl (C=O) groups is 2. The van der Waals surface area contributed by atoms with Crippen LogP contribution in [0.5, 0.6) is 0 Å². The first-order chi connectivity index (χ1) is 6.80. The summed E-state index contributed by atoms with van der Waals surface area (Å²) in [5.74, 6) is -1.01. The standard InChI is InChI=1S/C11H21NO3/c1-8(6-12)5-9(7-13)10(14)15-11(2,3)4/h7-9H,5-6,12H2,1-4H3. The van der Waals surface area contributed by atoms with Crippen LogP contribution in [0.3, 0.4) is 0 Å². The van der Waals surface area contributed by atoms with Gasteiger partial charge in [-0.25, -0.2) is 0 Å². The van der Waals surface area contributed by atoms with Gasteiger partial charge in [0, 0.05) is 0 Å². The third-order valence-corrected chi connectivity index (χ3v) is 1.93. The van der Waals surface area contributed by atoms with Gasteiger partial charge in [-0.05, 0) is 39.7 Å². The molecule has 0 saturated carbocycles. The number of nitrogens with two attached hydrogens (primary N) is 1. The number of aldehydes is 1. The maximum absolute atomic E-state index is 11.5. The van der Waals surface area contributed by atoms with Gasteiger partial charge < -0.3 is 15.3 Å². The molecule has 15 heavy (non-hydrogen) atoms. The van der Waals surface area contributed by atoms with Gasteiger partial charge in [0.1, 0.15) is 17.8 Å². The third-order valence-electron chi connectivity index (χ3n) is 1.93. The van der Waals surface area contributed by atoms with Gasteiger partial charge in [0.15, 0.2) is 0 Å². The zero-order valence-corrected chi connectivity index (χ0v) is 9.95. The number of carbonyl (C=O) groups excluding carboxylic acids is 2. The van der Waals surface area contributed by atoms with Crippen LogP contribution in [0, 0.1) is 11.8 Å². The summed E-state index contributed by atoms with van der Waals surface area (Å²) in [4.78, 5) is 22.3. The second-order valence-electron chi connectivity index (χ2n) is 4.85. The normalized spacial score (nSPS) is 15.5. The zero-order valence-electron chi connectivity index (χ0n) is 9.95. The molecule has 0 bridgehead atoms. The first-order valence-corrected chi connectivity index (χ1v) is 5.18. The van der Waals surface area contributed by atoms with Crippen molar-refractivity contribution in [3.05, 3.63) is 0 Å². The molecule has 88 valence electrons. The van der Waals surface area contributed by atoms with E-state index in [9.17, 15) is 9.59 Å². The SMILES string of the molecule is CC(CN)CC(C=O)C(=O)OC(C)(C)C. The van der Waals surface area contributed by atoms with Gasteiger partial charge in [0.25, 0.3) is 0 Å². The molecule has 0 heterocycles. The summed E-state index contributed by atoms with van der Waals surface area (Å²) >= 11 is 0. The average molecular weight is 215 g/mol. The Morgan fingerprint density at radius 1 is 1.47 bits per heavy atom. The second kappa shape index (κ2) is 5.85. The highest BCUT2D eigenvalue weighted by atomic mass is 16.6. The number of rotatable bonds is 5. The minimum Gasteiger partial charge on any atom is -0.459 e. The van der Waals surface area contributed by atoms with Crippen LogP contribution < -0.4 is 5.73 Å². The Balaban J connectivity index is 4.29. The van der Waals surface area contributed by atoms with Crippen molar-refractivity contribution in [2.24, 2.45) is 17.6 Å². The van der Waals surface area contributed by atoms with E-state index in [-0.39, 0.29) is 5.92 Å². The molecule has 2 atom stereocenters. The van der Waals surface area contributed by atoms with Crippen LogP contribution in [0.1, 0.15) is 34.1 Å². The number of hydrogen-bond donors (Lipinski definition) is 1. The summed E-state index contributed by atoms with van der Waals surface area (Å²) in [6.07, 6.45) is 1.09. The first-order valence-electron chi connectivity index (χ1n) is 5.18. The molecule has 0 spiro atoms. The molecule has 0 aliphatic heterocycles. The lowest BCUT2D eigenvalue weighted by Crippen LogP contribution is -2.31. The van der Waals surface area contributed by atoms with E-state index in [2.05, 4.69) is 0 Å². The Labute approximate surface area is 91.2 Å². The van der Waals surface area contributed by atoms with E-state index in [1.54, 1.807) is 20.8 Å². The fourth-order valence-corrected chi connectivity index (χ4v) is 1.11. The molecule has 4 heteroatoms. The van der Waals surface area contributed by atoms with Crippen LogP contribution in [0.25, 0.3) is 0 Å². The minimum atomic E-state index is -0.692. The van der Waals surface area contributed by atoms with Crippen molar-refractivity contribution in [1.82, 2.24) is 0 Å². The molecule has 0 fully saturated rings. The van der Waals surface area contributed by atoms with Crippen LogP contribution >= 0.6 is 0 Å². The number of esters is 1. The van der Waals surface area contributed by atoms with Crippen molar-refractivity contribution < 1.29 is 14.3 Å². The van der Waals surface area contributed by atoms with Gasteiger partial charge in [-0.2, -0.15) is 0 Å². The summed E-state index contributed by atoms with van der Waals surface area (Å²) in [5, 5.41) is 0. The van der Waals surface area contributed by atoms with Crippen molar-refractivity contribution >= 4 is 12.3 Å². The van der Waals surface area contributed by atoms with Gasteiger partial charge in [0.2, 0.25) is 0 Å². The topological polar surface area (TPSA) is 69.4 Å². The van der Waals surface area contributed by atoms with E-state index in [4.69, 9.17) is 10.5 Å². The maximum Gasteiger partial charge on any atom is 0.316 e. The van der Waals surface area contributed by atoms with E-state index in [0.717, 1.165) is 0 Å². The van der Waals surface area contributed by atoms with Crippen LogP contribution in [0.2, 0.25) is 0 Å². The molecular weight excluding hydrogens is 194 g/mol. The van der Waals surface area contributed by atoms with Crippen LogP contribution in [-0.2, 0) is 14.3 Å². The Bertz CT molecular complexity index is 220. The van der Waals surface area contributed by atoms with Crippen molar-refractivity contribution in [1.29, 1.82) is 0 Å². The maximum atomic E-state index is 11.5. The Morgan fingerprint density at radius 2 is 2.00 bits per heavy atom. The Morgan fingerprint density at radius 3 is 2.33 bits per heavy atom. The van der Waals surface area contributed by atoms with Gasteiger partial charge in [-0.1, -0.05) is 6.92 Å². The molecule has 0 saturated heterocycles. The second-order valence-corrected chi connectivity index (χ2v) is 4.85. The lowest BCUT2D eigenvalue weighted by atomic mass is 9.97. The fraction of sp³-hybridized carbons (Fsp3) is 0.818. The number of ether oxygens (including phenoxy) is 1. The summed E-state index contributed by atoms with van der Waals surface area (Å²) < 4.78 is 5.13. The quantitative estimate of drug-likeness (QED) is 0.424. The van der Waals surface area contributed by atoms with E-state index in [1.807, 2.05) is 6.92 Å². The highest BCUT2D eigenvalue weighted by molar-refractivity contribution is 5.87. The monoisotopic (exact) mass is 215 g/mol. The van der Waals surface area contributed by atoms with E-state index in [1.165, 1.54) is 0 Å². The van der Waals surface area contributed by atoms with Crippen molar-refractivity contribution in [3.63, 3.8) is 0 Å². The Kier molecular flexibility index (Phi) is 5.50. The van der Waals surface area contributed by atoms with E-state index < -0.39 is 17.5 Å². The molecule has 0 aliphatic rings. The highest BCUT2D eigenvalue weighted by Gasteiger charge is 2.25. The van der Waals surface area contributed by atoms with Crippen LogP contribution in [0.15, 0.2) is 0 Å². The summed E-state index contributed by atoms with van der Waals surface area (Å²) in [6.45, 7) is 7.70. The molecule has 0 aromatic rings. The van der Waals surface area contributed by atoms with E-state index >= 15 is 0 Å². The van der Waals surface area contributed by atoms with Crippen molar-refractivity contribution in [3.8, 4) is 0 Å². The summed E-state index contributed by atoms with van der Waals surface area (Å²) in [7, 11) is 0. The van der Waals surface area contributed by atoms with E-state index in [0.29, 0.717) is 19.3 Å². The average Bonchev–Trinajstić information content (AvgIpc) is 2.10. The minimum absolute atomic E-state index is 0.146. The number of hydrogen-bond acceptors (Lipinski definition) is 4. The molecule has 0 aromatic carbocycles. The zero-order chi connectivity index (χ0) is 12.1. The predicted molar refractivity (Wildman–Crippen MR) is 58.2 cm³/mol. The van der Waals surface area contributed by atoms with Gasteiger partial charge in [0.05, 0.1) is 0 Å². The first kappa shape index (κ1) is 14.1. The smallest absolute Gasteiger partial charge is 0.316 e. The molecule has 2 unspecified atom stereocenters. The molecule has 0 aliphatic carbocycles. The van der Waals surface area contributed by atoms with Gasteiger partial charge >= 0.3 is 5.97 Å². The molecular formula is C11H21NO3. The molecule has 0 amide bonds. The van der Waals surface area contributed by atoms with Crippen LogP contribution in [0.4, 0.5) is 0 Å². The van der Waals surface area contributed by atoms with Gasteiger partial charge in [-0.15, -0.1) is 0 Å². The molecule has 0 aromatic heterocycles. The fourth-order valence-electron chi connectivity index (χ4n) is 1.11. The predicted octanol–water partition coefficient (Wildman–Crippen LogP) is 1.13. The largest absolute Gasteiger partial charge is 0.459 e.